The summed E-state index contributed by atoms with van der Waals surface area (Å²) >= 11 is 1.01. The van der Waals surface area contributed by atoms with E-state index < -0.39 is 21.2 Å². The number of nitrogens with one attached hydrogen (secondary N) is 1. The Morgan fingerprint density at radius 2 is 2.11 bits per heavy atom. The predicted molar refractivity (Wildman–Crippen MR) is 108 cm³/mol. The third kappa shape index (κ3) is 5.23. The lowest BCUT2D eigenvalue weighted by Crippen LogP contribution is -2.20. The molecule has 1 aromatic heterocycles. The number of hydrogen-bond acceptors (Lipinski definition) is 8. The molecule has 0 spiro atoms. The smallest absolute Gasteiger partial charge is 0.312 e. The van der Waals surface area contributed by atoms with Gasteiger partial charge in [-0.1, -0.05) is 13.0 Å². The summed E-state index contributed by atoms with van der Waals surface area (Å²) in [6.07, 6.45) is 2.19. The maximum Gasteiger partial charge on any atom is 0.312 e. The van der Waals surface area contributed by atoms with Crippen molar-refractivity contribution in [3.05, 3.63) is 41.8 Å². The Morgan fingerprint density at radius 3 is 2.71 bits per heavy atom. The van der Waals surface area contributed by atoms with Crippen LogP contribution in [-0.4, -0.2) is 33.6 Å². The summed E-state index contributed by atoms with van der Waals surface area (Å²) < 4.78 is 43.7. The number of sulfonamides is 1. The van der Waals surface area contributed by atoms with Crippen LogP contribution in [0, 0.1) is 0 Å². The SMILES string of the molecule is C=CC(c1cc(OC)ccc1OC)S(=O)(=O)Nc1nc(OC(=O)CCC)cs1. The Kier molecular flexibility index (Phi) is 7.41. The minimum absolute atomic E-state index is 0.0512. The minimum Gasteiger partial charge on any atom is -0.497 e. The number of hydrogen-bond donors (Lipinski definition) is 1. The second kappa shape index (κ2) is 9.56. The maximum absolute atomic E-state index is 12.9. The Bertz CT molecular complexity index is 939. The molecule has 0 bridgehead atoms. The number of esters is 1. The Morgan fingerprint density at radius 1 is 1.36 bits per heavy atom. The van der Waals surface area contributed by atoms with Crippen molar-refractivity contribution in [3.63, 3.8) is 0 Å². The van der Waals surface area contributed by atoms with Gasteiger partial charge in [-0.15, -0.1) is 17.9 Å². The van der Waals surface area contributed by atoms with E-state index in [9.17, 15) is 13.2 Å². The molecule has 1 aromatic carbocycles. The first-order chi connectivity index (χ1) is 13.3. The molecule has 2 rings (SSSR count). The first kappa shape index (κ1) is 21.7. The van der Waals surface area contributed by atoms with E-state index in [1.807, 2.05) is 6.92 Å². The average molecular weight is 427 g/mol. The van der Waals surface area contributed by atoms with Gasteiger partial charge in [0.1, 0.15) is 16.7 Å². The fourth-order valence-electron chi connectivity index (χ4n) is 2.39. The lowest BCUT2D eigenvalue weighted by Gasteiger charge is -2.18. The number of aromatic nitrogens is 1. The molecule has 28 heavy (non-hydrogen) atoms. The Balaban J connectivity index is 2.27. The third-order valence-electron chi connectivity index (χ3n) is 3.68. The number of benzene rings is 1. The summed E-state index contributed by atoms with van der Waals surface area (Å²) in [6, 6.07) is 4.86. The molecule has 0 radical (unpaired) electrons. The van der Waals surface area contributed by atoms with Gasteiger partial charge in [0.25, 0.3) is 0 Å². The number of thiazole rings is 1. The highest BCUT2D eigenvalue weighted by molar-refractivity contribution is 7.93. The quantitative estimate of drug-likeness (QED) is 0.458. The Hall–Kier alpha value is -2.59. The van der Waals surface area contributed by atoms with Gasteiger partial charge < -0.3 is 14.2 Å². The van der Waals surface area contributed by atoms with E-state index in [0.717, 1.165) is 11.3 Å². The zero-order valence-corrected chi connectivity index (χ0v) is 17.4. The van der Waals surface area contributed by atoms with E-state index in [0.29, 0.717) is 23.5 Å². The number of carbonyl (C=O) groups is 1. The highest BCUT2D eigenvalue weighted by atomic mass is 32.2. The number of carbonyl (C=O) groups excluding carboxylic acids is 1. The number of ether oxygens (including phenoxy) is 3. The molecule has 1 heterocycles. The van der Waals surface area contributed by atoms with Crippen molar-refractivity contribution in [2.24, 2.45) is 0 Å². The monoisotopic (exact) mass is 426 g/mol. The highest BCUT2D eigenvalue weighted by Crippen LogP contribution is 2.36. The maximum atomic E-state index is 12.9. The first-order valence-electron chi connectivity index (χ1n) is 8.36. The number of methoxy groups -OCH3 is 2. The second-order valence-electron chi connectivity index (χ2n) is 5.63. The molecule has 0 saturated heterocycles. The summed E-state index contributed by atoms with van der Waals surface area (Å²) in [4.78, 5) is 15.5. The Labute approximate surface area is 168 Å². The van der Waals surface area contributed by atoms with Crippen LogP contribution >= 0.6 is 11.3 Å². The van der Waals surface area contributed by atoms with Crippen molar-refractivity contribution in [3.8, 4) is 17.4 Å². The number of nitrogens with zero attached hydrogens (tertiary/aromatic N) is 1. The van der Waals surface area contributed by atoms with Gasteiger partial charge in [0.05, 0.1) is 19.6 Å². The van der Waals surface area contributed by atoms with Crippen LogP contribution in [0.5, 0.6) is 17.4 Å². The summed E-state index contributed by atoms with van der Waals surface area (Å²) in [5.74, 6) is 0.490. The van der Waals surface area contributed by atoms with Crippen molar-refractivity contribution >= 4 is 32.5 Å². The van der Waals surface area contributed by atoms with E-state index in [1.165, 1.54) is 25.7 Å². The minimum atomic E-state index is -3.96. The lowest BCUT2D eigenvalue weighted by molar-refractivity contribution is -0.134. The average Bonchev–Trinajstić information content (AvgIpc) is 3.07. The molecular weight excluding hydrogens is 404 g/mol. The van der Waals surface area contributed by atoms with E-state index in [-0.39, 0.29) is 17.4 Å². The first-order valence-corrected chi connectivity index (χ1v) is 10.8. The van der Waals surface area contributed by atoms with Crippen LogP contribution in [0.4, 0.5) is 5.13 Å². The van der Waals surface area contributed by atoms with E-state index in [1.54, 1.807) is 18.2 Å². The number of rotatable bonds is 10. The van der Waals surface area contributed by atoms with Gasteiger partial charge in [-0.05, 0) is 24.6 Å². The van der Waals surface area contributed by atoms with Gasteiger partial charge in [-0.25, -0.2) is 8.42 Å². The van der Waals surface area contributed by atoms with Crippen LogP contribution < -0.4 is 18.9 Å². The van der Waals surface area contributed by atoms with Crippen LogP contribution in [0.1, 0.15) is 30.6 Å². The molecule has 0 aliphatic carbocycles. The largest absolute Gasteiger partial charge is 0.497 e. The topological polar surface area (TPSA) is 104 Å². The van der Waals surface area contributed by atoms with Gasteiger partial charge in [0.15, 0.2) is 5.13 Å². The molecular formula is C18H22N2O6S2. The number of anilines is 1. The molecule has 1 N–H and O–H groups in total. The normalized spacial score (nSPS) is 12.1. The molecule has 0 aliphatic heterocycles. The molecule has 0 fully saturated rings. The second-order valence-corrected chi connectivity index (χ2v) is 8.29. The highest BCUT2D eigenvalue weighted by Gasteiger charge is 2.29. The van der Waals surface area contributed by atoms with Gasteiger partial charge in [0, 0.05) is 12.0 Å². The predicted octanol–water partition coefficient (Wildman–Crippen LogP) is 3.53. The van der Waals surface area contributed by atoms with E-state index in [4.69, 9.17) is 14.2 Å². The van der Waals surface area contributed by atoms with Crippen LogP contribution in [0.3, 0.4) is 0 Å². The fraction of sp³-hybridized carbons (Fsp3) is 0.333. The van der Waals surface area contributed by atoms with Crippen LogP contribution in [0.2, 0.25) is 0 Å². The summed E-state index contributed by atoms with van der Waals surface area (Å²) in [7, 11) is -1.03. The van der Waals surface area contributed by atoms with E-state index >= 15 is 0 Å². The molecule has 0 amide bonds. The third-order valence-corrected chi connectivity index (χ3v) is 6.14. The zero-order valence-electron chi connectivity index (χ0n) is 15.8. The molecule has 1 unspecified atom stereocenters. The van der Waals surface area contributed by atoms with Gasteiger partial charge in [-0.3, -0.25) is 9.52 Å². The molecule has 152 valence electrons. The van der Waals surface area contributed by atoms with Crippen molar-refractivity contribution in [1.29, 1.82) is 0 Å². The summed E-state index contributed by atoms with van der Waals surface area (Å²) in [6.45, 7) is 5.49. The summed E-state index contributed by atoms with van der Waals surface area (Å²) in [5, 5.41) is 0.418. The van der Waals surface area contributed by atoms with Crippen molar-refractivity contribution in [1.82, 2.24) is 4.98 Å². The van der Waals surface area contributed by atoms with E-state index in [2.05, 4.69) is 16.3 Å². The molecule has 1 atom stereocenters. The molecule has 10 heteroatoms. The van der Waals surface area contributed by atoms with Crippen LogP contribution in [0.15, 0.2) is 36.2 Å². The molecule has 8 nitrogen and oxygen atoms in total. The lowest BCUT2D eigenvalue weighted by atomic mass is 10.1. The molecule has 2 aromatic rings. The van der Waals surface area contributed by atoms with Gasteiger partial charge in [-0.2, -0.15) is 4.98 Å². The molecule has 0 aliphatic rings. The zero-order chi connectivity index (χ0) is 20.7. The standard InChI is InChI=1S/C18H22N2O6S2/c1-5-7-17(21)26-16-11-27-18(19-16)20-28(22,23)15(6-2)13-10-12(24-3)8-9-14(13)25-4/h6,8-11,15H,2,5,7H2,1,3-4H3,(H,19,20). The van der Waals surface area contributed by atoms with Gasteiger partial charge in [0.2, 0.25) is 15.9 Å². The fourth-order valence-corrected chi connectivity index (χ4v) is 4.58. The van der Waals surface area contributed by atoms with Crippen LogP contribution in [0.25, 0.3) is 0 Å². The van der Waals surface area contributed by atoms with Crippen LogP contribution in [-0.2, 0) is 14.8 Å². The van der Waals surface area contributed by atoms with Gasteiger partial charge >= 0.3 is 5.97 Å². The van der Waals surface area contributed by atoms with Crippen molar-refractivity contribution < 1.29 is 27.4 Å². The summed E-state index contributed by atoms with van der Waals surface area (Å²) in [5.41, 5.74) is 0.371. The van der Waals surface area contributed by atoms with Crippen molar-refractivity contribution in [2.45, 2.75) is 25.0 Å². The molecule has 0 saturated carbocycles. The van der Waals surface area contributed by atoms with Crippen molar-refractivity contribution in [2.75, 3.05) is 18.9 Å².